The lowest BCUT2D eigenvalue weighted by Gasteiger charge is -2.30. The van der Waals surface area contributed by atoms with E-state index in [0.717, 1.165) is 38.5 Å². The van der Waals surface area contributed by atoms with Crippen molar-refractivity contribution in [2.45, 2.75) is 38.5 Å². The Labute approximate surface area is 123 Å². The highest BCUT2D eigenvalue weighted by Crippen LogP contribution is 2.36. The maximum Gasteiger partial charge on any atom is 0.231 e. The molecular formula is C15H20ClFN2O. The highest BCUT2D eigenvalue weighted by Gasteiger charge is 2.37. The van der Waals surface area contributed by atoms with Gasteiger partial charge in [0.25, 0.3) is 0 Å². The fourth-order valence-corrected chi connectivity index (χ4v) is 2.99. The molecule has 3 nitrogen and oxygen atoms in total. The molecule has 5 heteroatoms. The van der Waals surface area contributed by atoms with Gasteiger partial charge in [0.15, 0.2) is 0 Å². The maximum atomic E-state index is 13.0. The number of amides is 1. The minimum atomic E-state index is -0.520. The molecule has 0 unspecified atom stereocenters. The number of hydrogen-bond acceptors (Lipinski definition) is 2. The Hall–Kier alpha value is -1.13. The van der Waals surface area contributed by atoms with E-state index in [2.05, 4.69) is 5.32 Å². The Morgan fingerprint density at radius 2 is 1.95 bits per heavy atom. The second-order valence-corrected chi connectivity index (χ2v) is 5.88. The van der Waals surface area contributed by atoms with E-state index < -0.39 is 11.2 Å². The summed E-state index contributed by atoms with van der Waals surface area (Å²) >= 11 is 5.95. The molecule has 0 heterocycles. The van der Waals surface area contributed by atoms with Gasteiger partial charge in [0.05, 0.1) is 16.1 Å². The molecule has 110 valence electrons. The number of hydrogen-bond donors (Lipinski definition) is 2. The molecule has 0 radical (unpaired) electrons. The van der Waals surface area contributed by atoms with E-state index >= 15 is 0 Å². The van der Waals surface area contributed by atoms with E-state index in [1.165, 1.54) is 18.2 Å². The summed E-state index contributed by atoms with van der Waals surface area (Å²) in [7, 11) is 0. The van der Waals surface area contributed by atoms with E-state index in [1.807, 2.05) is 0 Å². The van der Waals surface area contributed by atoms with Crippen LogP contribution in [0.2, 0.25) is 5.02 Å². The Balaban J connectivity index is 2.16. The monoisotopic (exact) mass is 298 g/mol. The zero-order valence-corrected chi connectivity index (χ0v) is 12.2. The van der Waals surface area contributed by atoms with Gasteiger partial charge in [0, 0.05) is 6.54 Å². The molecule has 20 heavy (non-hydrogen) atoms. The minimum absolute atomic E-state index is 0.101. The van der Waals surface area contributed by atoms with Crippen LogP contribution in [0.25, 0.3) is 0 Å². The largest absolute Gasteiger partial charge is 0.329 e. The van der Waals surface area contributed by atoms with Gasteiger partial charge in [-0.3, -0.25) is 4.79 Å². The van der Waals surface area contributed by atoms with E-state index in [4.69, 9.17) is 17.3 Å². The molecule has 0 aliphatic heterocycles. The van der Waals surface area contributed by atoms with Crippen molar-refractivity contribution in [2.24, 2.45) is 11.1 Å². The van der Waals surface area contributed by atoms with Gasteiger partial charge in [-0.1, -0.05) is 37.3 Å². The van der Waals surface area contributed by atoms with Crippen molar-refractivity contribution in [1.29, 1.82) is 0 Å². The summed E-state index contributed by atoms with van der Waals surface area (Å²) in [5.74, 6) is -0.522. The van der Waals surface area contributed by atoms with E-state index in [-0.39, 0.29) is 10.9 Å². The molecule has 2 rings (SSSR count). The summed E-state index contributed by atoms with van der Waals surface area (Å²) in [5.41, 5.74) is 5.79. The molecule has 1 saturated carbocycles. The van der Waals surface area contributed by atoms with Gasteiger partial charge in [0.2, 0.25) is 5.91 Å². The van der Waals surface area contributed by atoms with Gasteiger partial charge in [0.1, 0.15) is 5.82 Å². The fourth-order valence-electron chi connectivity index (χ4n) is 2.77. The third-order valence-corrected chi connectivity index (χ3v) is 4.43. The molecule has 0 aromatic heterocycles. The summed E-state index contributed by atoms with van der Waals surface area (Å²) in [4.78, 5) is 12.6. The predicted octanol–water partition coefficient (Wildman–Crippen LogP) is 3.72. The standard InChI is InChI=1S/C15H20ClFN2O/c16-12-9-11(17)5-6-13(12)19-14(20)15(10-18)7-3-1-2-4-8-15/h5-6,9H,1-4,7-8,10,18H2,(H,19,20). The van der Waals surface area contributed by atoms with Crippen LogP contribution in [0.3, 0.4) is 0 Å². The molecule has 1 aromatic rings. The first-order valence-electron chi connectivity index (χ1n) is 7.04. The van der Waals surface area contributed by atoms with Gasteiger partial charge in [-0.25, -0.2) is 4.39 Å². The zero-order valence-electron chi connectivity index (χ0n) is 11.4. The number of nitrogens with two attached hydrogens (primary N) is 1. The third-order valence-electron chi connectivity index (χ3n) is 4.11. The Morgan fingerprint density at radius 1 is 1.30 bits per heavy atom. The molecular weight excluding hydrogens is 279 g/mol. The van der Waals surface area contributed by atoms with E-state index in [9.17, 15) is 9.18 Å². The molecule has 1 fully saturated rings. The van der Waals surface area contributed by atoms with Crippen molar-refractivity contribution in [1.82, 2.24) is 0 Å². The van der Waals surface area contributed by atoms with Crippen molar-refractivity contribution in [3.8, 4) is 0 Å². The first-order valence-corrected chi connectivity index (χ1v) is 7.42. The smallest absolute Gasteiger partial charge is 0.231 e. The number of benzene rings is 1. The summed E-state index contributed by atoms with van der Waals surface area (Å²) in [6.07, 6.45) is 5.92. The van der Waals surface area contributed by atoms with Gasteiger partial charge < -0.3 is 11.1 Å². The summed E-state index contributed by atoms with van der Waals surface area (Å²) in [6.45, 7) is 0.331. The third kappa shape index (κ3) is 3.30. The molecule has 0 bridgehead atoms. The number of rotatable bonds is 3. The van der Waals surface area contributed by atoms with Crippen molar-refractivity contribution < 1.29 is 9.18 Å². The van der Waals surface area contributed by atoms with Gasteiger partial charge in [-0.05, 0) is 31.0 Å². The van der Waals surface area contributed by atoms with Crippen LogP contribution in [-0.2, 0) is 4.79 Å². The van der Waals surface area contributed by atoms with Crippen LogP contribution < -0.4 is 11.1 Å². The first-order chi connectivity index (χ1) is 9.57. The normalized spacial score (nSPS) is 18.4. The Bertz CT molecular complexity index is 485. The van der Waals surface area contributed by atoms with Crippen molar-refractivity contribution in [3.05, 3.63) is 29.0 Å². The van der Waals surface area contributed by atoms with Crippen molar-refractivity contribution in [2.75, 3.05) is 11.9 Å². The fraction of sp³-hybridized carbons (Fsp3) is 0.533. The number of nitrogens with one attached hydrogen (secondary N) is 1. The molecule has 0 saturated heterocycles. The van der Waals surface area contributed by atoms with Crippen LogP contribution in [0, 0.1) is 11.2 Å². The average Bonchev–Trinajstić information content (AvgIpc) is 2.68. The summed E-state index contributed by atoms with van der Waals surface area (Å²) < 4.78 is 13.0. The highest BCUT2D eigenvalue weighted by molar-refractivity contribution is 6.33. The number of anilines is 1. The van der Waals surface area contributed by atoms with E-state index in [1.54, 1.807) is 0 Å². The average molecular weight is 299 g/mol. The second kappa shape index (κ2) is 6.55. The van der Waals surface area contributed by atoms with Crippen LogP contribution in [0.1, 0.15) is 38.5 Å². The SMILES string of the molecule is NCC1(C(=O)Nc2ccc(F)cc2Cl)CCCCCC1. The maximum absolute atomic E-state index is 13.0. The van der Waals surface area contributed by atoms with Crippen LogP contribution in [0.15, 0.2) is 18.2 Å². The van der Waals surface area contributed by atoms with Crippen LogP contribution in [0.4, 0.5) is 10.1 Å². The quantitative estimate of drug-likeness (QED) is 0.836. The molecule has 1 aromatic carbocycles. The van der Waals surface area contributed by atoms with Gasteiger partial charge in [-0.15, -0.1) is 0 Å². The first kappa shape index (κ1) is 15.3. The lowest BCUT2D eigenvalue weighted by Crippen LogP contribution is -2.42. The molecule has 0 atom stereocenters. The van der Waals surface area contributed by atoms with E-state index in [0.29, 0.717) is 12.2 Å². The second-order valence-electron chi connectivity index (χ2n) is 5.48. The molecule has 1 amide bonds. The molecule has 1 aliphatic carbocycles. The summed E-state index contributed by atoms with van der Waals surface area (Å²) in [6, 6.07) is 3.96. The zero-order chi connectivity index (χ0) is 14.6. The van der Waals surface area contributed by atoms with Crippen LogP contribution >= 0.6 is 11.6 Å². The lowest BCUT2D eigenvalue weighted by molar-refractivity contribution is -0.125. The molecule has 0 spiro atoms. The van der Waals surface area contributed by atoms with Gasteiger partial charge in [-0.2, -0.15) is 0 Å². The van der Waals surface area contributed by atoms with Crippen LogP contribution in [-0.4, -0.2) is 12.5 Å². The summed E-state index contributed by atoms with van der Waals surface area (Å²) in [5, 5.41) is 3.02. The number of carbonyl (C=O) groups excluding carboxylic acids is 1. The molecule has 3 N–H and O–H groups in total. The van der Waals surface area contributed by atoms with Crippen molar-refractivity contribution in [3.63, 3.8) is 0 Å². The topological polar surface area (TPSA) is 55.1 Å². The Morgan fingerprint density at radius 3 is 2.50 bits per heavy atom. The Kier molecular flexibility index (Phi) is 5.00. The van der Waals surface area contributed by atoms with Gasteiger partial charge >= 0.3 is 0 Å². The number of carbonyl (C=O) groups is 1. The predicted molar refractivity (Wildman–Crippen MR) is 79.2 cm³/mol. The van der Waals surface area contributed by atoms with Crippen LogP contribution in [0.5, 0.6) is 0 Å². The minimum Gasteiger partial charge on any atom is -0.329 e. The number of halogens is 2. The lowest BCUT2D eigenvalue weighted by atomic mass is 9.79. The van der Waals surface area contributed by atoms with Crippen molar-refractivity contribution >= 4 is 23.2 Å². The molecule has 1 aliphatic rings. The highest BCUT2D eigenvalue weighted by atomic mass is 35.5.